The van der Waals surface area contributed by atoms with E-state index >= 15 is 0 Å². The Morgan fingerprint density at radius 3 is 2.11 bits per heavy atom. The molecule has 2 aromatic carbocycles. The number of benzene rings is 2. The predicted octanol–water partition coefficient (Wildman–Crippen LogP) is 3.01. The molecule has 2 nitrogen and oxygen atoms in total. The fraction of sp³-hybridized carbons (Fsp3) is 0.188. The average Bonchev–Trinajstić information content (AvgIpc) is 2.40. The molecule has 1 fully saturated rings. The molecule has 1 saturated heterocycles. The van der Waals surface area contributed by atoms with E-state index in [0.717, 1.165) is 18.7 Å². The molecule has 1 heterocycles. The number of nitrogens with zero attached hydrogens (tertiary/aromatic N) is 1. The molecule has 0 aromatic heterocycles. The molecule has 0 saturated carbocycles. The maximum Gasteiger partial charge on any atom is 0.228 e. The fourth-order valence-electron chi connectivity index (χ4n) is 2.21. The van der Waals surface area contributed by atoms with Crippen molar-refractivity contribution in [2.45, 2.75) is 12.8 Å². The molecule has 2 aromatic rings. The highest BCUT2D eigenvalue weighted by Crippen LogP contribution is 2.22. The van der Waals surface area contributed by atoms with Crippen molar-refractivity contribution < 1.29 is 4.79 Å². The van der Waals surface area contributed by atoms with E-state index in [1.165, 1.54) is 11.1 Å². The smallest absolute Gasteiger partial charge is 0.228 e. The van der Waals surface area contributed by atoms with E-state index in [4.69, 9.17) is 0 Å². The largest absolute Gasteiger partial charge is 0.312 e. The first-order chi connectivity index (χ1) is 8.83. The van der Waals surface area contributed by atoms with Gasteiger partial charge in [-0.05, 0) is 29.7 Å². The number of hydrogen-bond donors (Lipinski definition) is 0. The third-order valence-electron chi connectivity index (χ3n) is 3.35. The Balaban J connectivity index is 1.73. The van der Waals surface area contributed by atoms with Gasteiger partial charge in [0.05, 0.1) is 0 Å². The van der Waals surface area contributed by atoms with E-state index in [2.05, 4.69) is 36.4 Å². The van der Waals surface area contributed by atoms with Gasteiger partial charge in [-0.3, -0.25) is 4.79 Å². The highest BCUT2D eigenvalue weighted by atomic mass is 16.2. The summed E-state index contributed by atoms with van der Waals surface area (Å²) < 4.78 is 0. The number of hydrogen-bond acceptors (Lipinski definition) is 1. The van der Waals surface area contributed by atoms with E-state index in [9.17, 15) is 4.79 Å². The first kappa shape index (κ1) is 11.0. The summed E-state index contributed by atoms with van der Waals surface area (Å²) in [5.41, 5.74) is 3.60. The van der Waals surface area contributed by atoms with Gasteiger partial charge in [-0.25, -0.2) is 0 Å². The van der Waals surface area contributed by atoms with Crippen LogP contribution in [-0.2, 0) is 11.2 Å². The van der Waals surface area contributed by atoms with Crippen LogP contribution in [-0.4, -0.2) is 12.5 Å². The van der Waals surface area contributed by atoms with E-state index in [1.54, 1.807) is 0 Å². The third kappa shape index (κ3) is 2.14. The Bertz CT molecular complexity index is 545. The van der Waals surface area contributed by atoms with Gasteiger partial charge in [-0.15, -0.1) is 0 Å². The molecular formula is C16H15NO. The topological polar surface area (TPSA) is 20.3 Å². The molecule has 90 valence electrons. The Morgan fingerprint density at radius 1 is 0.889 bits per heavy atom. The van der Waals surface area contributed by atoms with Crippen molar-refractivity contribution >= 4 is 11.6 Å². The second-order valence-electron chi connectivity index (χ2n) is 4.62. The van der Waals surface area contributed by atoms with Crippen LogP contribution < -0.4 is 4.90 Å². The van der Waals surface area contributed by atoms with Gasteiger partial charge in [0.1, 0.15) is 0 Å². The maximum absolute atomic E-state index is 11.3. The standard InChI is InChI=1S/C16H15NO/c18-16-10-11-17(16)15-8-6-14(7-9-15)12-13-4-2-1-3-5-13/h1-9H,10-12H2. The number of β-lactam (4-membered cyclic amide) rings is 1. The van der Waals surface area contributed by atoms with Crippen molar-refractivity contribution in [3.63, 3.8) is 0 Å². The van der Waals surface area contributed by atoms with E-state index in [1.807, 2.05) is 23.1 Å². The zero-order valence-corrected chi connectivity index (χ0v) is 10.2. The third-order valence-corrected chi connectivity index (χ3v) is 3.35. The minimum absolute atomic E-state index is 0.228. The van der Waals surface area contributed by atoms with Gasteiger partial charge < -0.3 is 4.90 Å². The molecule has 0 radical (unpaired) electrons. The van der Waals surface area contributed by atoms with Crippen LogP contribution in [0.25, 0.3) is 0 Å². The summed E-state index contributed by atoms with van der Waals surface area (Å²) in [6.45, 7) is 0.858. The number of rotatable bonds is 3. The lowest BCUT2D eigenvalue weighted by Gasteiger charge is -2.30. The molecule has 1 amide bonds. The van der Waals surface area contributed by atoms with Crippen molar-refractivity contribution in [2.24, 2.45) is 0 Å². The second kappa shape index (κ2) is 4.65. The minimum atomic E-state index is 0.228. The summed E-state index contributed by atoms with van der Waals surface area (Å²) in [6, 6.07) is 18.7. The average molecular weight is 237 g/mol. The number of amides is 1. The summed E-state index contributed by atoms with van der Waals surface area (Å²) in [5.74, 6) is 0.228. The van der Waals surface area contributed by atoms with Gasteiger partial charge in [-0.2, -0.15) is 0 Å². The first-order valence-corrected chi connectivity index (χ1v) is 6.26. The molecule has 1 aliphatic rings. The maximum atomic E-state index is 11.3. The molecule has 0 spiro atoms. The van der Waals surface area contributed by atoms with Crippen LogP contribution in [0.1, 0.15) is 17.5 Å². The summed E-state index contributed by atoms with van der Waals surface area (Å²) in [6.07, 6.45) is 1.63. The summed E-state index contributed by atoms with van der Waals surface area (Å²) in [4.78, 5) is 13.2. The molecular weight excluding hydrogens is 222 g/mol. The quantitative estimate of drug-likeness (QED) is 0.751. The van der Waals surface area contributed by atoms with Crippen LogP contribution in [0.4, 0.5) is 5.69 Å². The van der Waals surface area contributed by atoms with Crippen LogP contribution in [0, 0.1) is 0 Å². The Kier molecular flexibility index (Phi) is 2.85. The van der Waals surface area contributed by atoms with Gasteiger partial charge in [0, 0.05) is 18.7 Å². The van der Waals surface area contributed by atoms with Crippen LogP contribution >= 0.6 is 0 Å². The molecule has 2 heteroatoms. The lowest BCUT2D eigenvalue weighted by atomic mass is 10.0. The van der Waals surface area contributed by atoms with E-state index in [0.29, 0.717) is 6.42 Å². The Hall–Kier alpha value is -2.09. The van der Waals surface area contributed by atoms with E-state index < -0.39 is 0 Å². The monoisotopic (exact) mass is 237 g/mol. The second-order valence-corrected chi connectivity index (χ2v) is 4.62. The van der Waals surface area contributed by atoms with Gasteiger partial charge in [0.25, 0.3) is 0 Å². The number of anilines is 1. The molecule has 0 aliphatic carbocycles. The molecule has 0 N–H and O–H groups in total. The van der Waals surface area contributed by atoms with Gasteiger partial charge in [0.15, 0.2) is 0 Å². The minimum Gasteiger partial charge on any atom is -0.312 e. The normalized spacial score (nSPS) is 14.4. The highest BCUT2D eigenvalue weighted by Gasteiger charge is 2.24. The van der Waals surface area contributed by atoms with Crippen molar-refractivity contribution in [1.82, 2.24) is 0 Å². The highest BCUT2D eigenvalue weighted by molar-refractivity contribution is 5.99. The molecule has 0 atom stereocenters. The SMILES string of the molecule is O=C1CCN1c1ccc(Cc2ccccc2)cc1. The fourth-order valence-corrected chi connectivity index (χ4v) is 2.21. The Morgan fingerprint density at radius 2 is 1.56 bits per heavy atom. The van der Waals surface area contributed by atoms with Crippen molar-refractivity contribution in [2.75, 3.05) is 11.4 Å². The Labute approximate surface area is 107 Å². The molecule has 0 bridgehead atoms. The molecule has 0 unspecified atom stereocenters. The van der Waals surface area contributed by atoms with Crippen LogP contribution in [0.15, 0.2) is 54.6 Å². The zero-order chi connectivity index (χ0) is 12.4. The van der Waals surface area contributed by atoms with E-state index in [-0.39, 0.29) is 5.91 Å². The lowest BCUT2D eigenvalue weighted by molar-refractivity contribution is -0.122. The van der Waals surface area contributed by atoms with Crippen LogP contribution in [0.5, 0.6) is 0 Å². The van der Waals surface area contributed by atoms with Crippen LogP contribution in [0.2, 0.25) is 0 Å². The van der Waals surface area contributed by atoms with Crippen molar-refractivity contribution in [1.29, 1.82) is 0 Å². The first-order valence-electron chi connectivity index (χ1n) is 6.26. The van der Waals surface area contributed by atoms with Crippen molar-refractivity contribution in [3.8, 4) is 0 Å². The number of carbonyl (C=O) groups excluding carboxylic acids is 1. The summed E-state index contributed by atoms with van der Waals surface area (Å²) in [5, 5.41) is 0. The lowest BCUT2D eigenvalue weighted by Crippen LogP contribution is -2.43. The molecule has 18 heavy (non-hydrogen) atoms. The van der Waals surface area contributed by atoms with Gasteiger partial charge in [0.2, 0.25) is 5.91 Å². The predicted molar refractivity (Wildman–Crippen MR) is 72.7 cm³/mol. The summed E-state index contributed by atoms with van der Waals surface area (Å²) >= 11 is 0. The summed E-state index contributed by atoms with van der Waals surface area (Å²) in [7, 11) is 0. The van der Waals surface area contributed by atoms with Crippen LogP contribution in [0.3, 0.4) is 0 Å². The number of carbonyl (C=O) groups is 1. The zero-order valence-electron chi connectivity index (χ0n) is 10.2. The van der Waals surface area contributed by atoms with Crippen molar-refractivity contribution in [3.05, 3.63) is 65.7 Å². The van der Waals surface area contributed by atoms with Gasteiger partial charge in [-0.1, -0.05) is 42.5 Å². The molecule has 3 rings (SSSR count). The van der Waals surface area contributed by atoms with Gasteiger partial charge >= 0.3 is 0 Å². The molecule has 1 aliphatic heterocycles.